The Kier molecular flexibility index (Phi) is 4.89. The highest BCUT2D eigenvalue weighted by Crippen LogP contribution is 2.21. The molecule has 19 heavy (non-hydrogen) atoms. The summed E-state index contributed by atoms with van der Waals surface area (Å²) < 4.78 is 1.41. The predicted octanol–water partition coefficient (Wildman–Crippen LogP) is 0.912. The van der Waals surface area contributed by atoms with E-state index in [0.29, 0.717) is 12.0 Å². The number of hydrogen-bond acceptors (Lipinski definition) is 3. The van der Waals surface area contributed by atoms with E-state index in [0.717, 1.165) is 0 Å². The monoisotopic (exact) mass is 266 g/mol. The molecule has 1 aromatic heterocycles. The summed E-state index contributed by atoms with van der Waals surface area (Å²) in [6.07, 6.45) is 2.05. The van der Waals surface area contributed by atoms with Gasteiger partial charge in [-0.2, -0.15) is 0 Å². The second-order valence-corrected chi connectivity index (χ2v) is 5.77. The summed E-state index contributed by atoms with van der Waals surface area (Å²) in [5.74, 6) is -0.286. The Bertz CT molecular complexity index is 500. The lowest BCUT2D eigenvalue weighted by molar-refractivity contribution is 0.0885. The lowest BCUT2D eigenvalue weighted by Gasteiger charge is -2.31. The van der Waals surface area contributed by atoms with Crippen molar-refractivity contribution in [1.29, 1.82) is 0 Å². The summed E-state index contributed by atoms with van der Waals surface area (Å²) >= 11 is 0. The number of carbonyl (C=O) groups is 1. The van der Waals surface area contributed by atoms with Crippen molar-refractivity contribution in [3.05, 3.63) is 34.2 Å². The maximum Gasteiger partial charge on any atom is 0.251 e. The van der Waals surface area contributed by atoms with Crippen LogP contribution in [-0.4, -0.2) is 28.2 Å². The van der Waals surface area contributed by atoms with E-state index in [-0.39, 0.29) is 29.5 Å². The highest BCUT2D eigenvalue weighted by atomic mass is 16.3. The summed E-state index contributed by atoms with van der Waals surface area (Å²) in [6.45, 7) is 6.01. The molecule has 1 rings (SSSR count). The van der Waals surface area contributed by atoms with Crippen molar-refractivity contribution in [2.24, 2.45) is 12.5 Å². The lowest BCUT2D eigenvalue weighted by atomic mass is 9.85. The lowest BCUT2D eigenvalue weighted by Crippen LogP contribution is -2.44. The third kappa shape index (κ3) is 4.21. The Morgan fingerprint density at radius 1 is 1.47 bits per heavy atom. The number of aromatic nitrogens is 1. The molecule has 1 atom stereocenters. The van der Waals surface area contributed by atoms with Gasteiger partial charge in [-0.05, 0) is 17.9 Å². The number of nitrogens with one attached hydrogen (secondary N) is 1. The number of amides is 1. The van der Waals surface area contributed by atoms with E-state index in [2.05, 4.69) is 5.32 Å². The Morgan fingerprint density at radius 3 is 2.58 bits per heavy atom. The SMILES string of the molecule is Cn1ccc(C(=O)NC(CCO)C(C)(C)C)cc1=O. The van der Waals surface area contributed by atoms with Gasteiger partial charge in [0, 0.05) is 37.5 Å². The van der Waals surface area contributed by atoms with Gasteiger partial charge in [-0.15, -0.1) is 0 Å². The fourth-order valence-electron chi connectivity index (χ4n) is 1.78. The fourth-order valence-corrected chi connectivity index (χ4v) is 1.78. The van der Waals surface area contributed by atoms with Crippen LogP contribution in [0.25, 0.3) is 0 Å². The van der Waals surface area contributed by atoms with Gasteiger partial charge in [-0.1, -0.05) is 20.8 Å². The number of pyridine rings is 1. The van der Waals surface area contributed by atoms with Gasteiger partial charge in [0.2, 0.25) is 0 Å². The molecule has 1 amide bonds. The molecule has 1 heterocycles. The molecule has 0 aliphatic rings. The molecule has 0 aliphatic carbocycles. The van der Waals surface area contributed by atoms with Gasteiger partial charge >= 0.3 is 0 Å². The molecule has 0 radical (unpaired) electrons. The van der Waals surface area contributed by atoms with Crippen LogP contribution in [0.5, 0.6) is 0 Å². The number of aliphatic hydroxyl groups excluding tert-OH is 1. The third-order valence-corrected chi connectivity index (χ3v) is 3.13. The van der Waals surface area contributed by atoms with Crippen molar-refractivity contribution in [2.45, 2.75) is 33.2 Å². The topological polar surface area (TPSA) is 71.3 Å². The molecule has 0 bridgehead atoms. The van der Waals surface area contributed by atoms with Gasteiger partial charge in [0.05, 0.1) is 0 Å². The van der Waals surface area contributed by atoms with E-state index < -0.39 is 0 Å². The first-order chi connectivity index (χ1) is 8.75. The standard InChI is InChI=1S/C14H22N2O3/c1-14(2,3)11(6-8-17)15-13(19)10-5-7-16(4)12(18)9-10/h5,7,9,11,17H,6,8H2,1-4H3,(H,15,19). The zero-order valence-electron chi connectivity index (χ0n) is 11.9. The minimum absolute atomic E-state index is 0.0127. The highest BCUT2D eigenvalue weighted by molar-refractivity contribution is 5.94. The number of rotatable bonds is 4. The molecule has 0 saturated carbocycles. The molecule has 5 nitrogen and oxygen atoms in total. The maximum atomic E-state index is 12.1. The van der Waals surface area contributed by atoms with Crippen LogP contribution < -0.4 is 10.9 Å². The molecule has 0 aromatic carbocycles. The second-order valence-electron chi connectivity index (χ2n) is 5.77. The summed E-state index contributed by atoms with van der Waals surface area (Å²) in [6, 6.07) is 2.78. The average molecular weight is 266 g/mol. The van der Waals surface area contributed by atoms with E-state index in [1.807, 2.05) is 20.8 Å². The van der Waals surface area contributed by atoms with Gasteiger partial charge in [0.25, 0.3) is 11.5 Å². The van der Waals surface area contributed by atoms with E-state index in [4.69, 9.17) is 5.11 Å². The van der Waals surface area contributed by atoms with Gasteiger partial charge in [0.1, 0.15) is 0 Å². The molecular weight excluding hydrogens is 244 g/mol. The Morgan fingerprint density at radius 2 is 2.11 bits per heavy atom. The van der Waals surface area contributed by atoms with Crippen molar-refractivity contribution in [1.82, 2.24) is 9.88 Å². The molecule has 0 fully saturated rings. The zero-order valence-corrected chi connectivity index (χ0v) is 11.9. The number of carbonyl (C=O) groups excluding carboxylic acids is 1. The molecule has 2 N–H and O–H groups in total. The van der Waals surface area contributed by atoms with Gasteiger partial charge in [0.15, 0.2) is 0 Å². The molecule has 0 saturated heterocycles. The van der Waals surface area contributed by atoms with Crippen LogP contribution in [0.4, 0.5) is 0 Å². The van der Waals surface area contributed by atoms with Crippen LogP contribution in [0.2, 0.25) is 0 Å². The Labute approximate surface area is 113 Å². The second kappa shape index (κ2) is 6.02. The van der Waals surface area contributed by atoms with Crippen molar-refractivity contribution < 1.29 is 9.90 Å². The predicted molar refractivity (Wildman–Crippen MR) is 74.1 cm³/mol. The Balaban J connectivity index is 2.88. The first-order valence-electron chi connectivity index (χ1n) is 6.34. The van der Waals surface area contributed by atoms with Gasteiger partial charge in [-0.25, -0.2) is 0 Å². The summed E-state index contributed by atoms with van der Waals surface area (Å²) in [4.78, 5) is 23.6. The minimum Gasteiger partial charge on any atom is -0.396 e. The van der Waals surface area contributed by atoms with Gasteiger partial charge < -0.3 is 15.0 Å². The molecular formula is C14H22N2O3. The summed E-state index contributed by atoms with van der Waals surface area (Å²) in [5, 5.41) is 11.9. The van der Waals surface area contributed by atoms with Crippen molar-refractivity contribution >= 4 is 5.91 Å². The van der Waals surface area contributed by atoms with Crippen LogP contribution in [-0.2, 0) is 7.05 Å². The van der Waals surface area contributed by atoms with Crippen molar-refractivity contribution in [3.8, 4) is 0 Å². The van der Waals surface area contributed by atoms with Crippen molar-refractivity contribution in [2.75, 3.05) is 6.61 Å². The molecule has 0 spiro atoms. The van der Waals surface area contributed by atoms with Crippen LogP contribution in [0.1, 0.15) is 37.6 Å². The normalized spacial score (nSPS) is 13.1. The fraction of sp³-hybridized carbons (Fsp3) is 0.571. The number of aryl methyl sites for hydroxylation is 1. The van der Waals surface area contributed by atoms with Crippen LogP contribution in [0.15, 0.2) is 23.1 Å². The third-order valence-electron chi connectivity index (χ3n) is 3.13. The van der Waals surface area contributed by atoms with Crippen LogP contribution in [0.3, 0.4) is 0 Å². The van der Waals surface area contributed by atoms with E-state index >= 15 is 0 Å². The number of nitrogens with zero attached hydrogens (tertiary/aromatic N) is 1. The van der Waals surface area contributed by atoms with E-state index in [1.54, 1.807) is 19.3 Å². The maximum absolute atomic E-state index is 12.1. The van der Waals surface area contributed by atoms with Crippen LogP contribution in [0, 0.1) is 5.41 Å². The molecule has 5 heteroatoms. The summed E-state index contributed by atoms with van der Waals surface area (Å²) in [5.41, 5.74) is -0.0320. The van der Waals surface area contributed by atoms with Crippen molar-refractivity contribution in [3.63, 3.8) is 0 Å². The minimum atomic E-state index is -0.286. The average Bonchev–Trinajstić information content (AvgIpc) is 2.30. The zero-order chi connectivity index (χ0) is 14.6. The molecule has 106 valence electrons. The van der Waals surface area contributed by atoms with E-state index in [9.17, 15) is 9.59 Å². The van der Waals surface area contributed by atoms with Gasteiger partial charge in [-0.3, -0.25) is 9.59 Å². The number of aliphatic hydroxyl groups is 1. The quantitative estimate of drug-likeness (QED) is 0.851. The number of hydrogen-bond donors (Lipinski definition) is 2. The Hall–Kier alpha value is -1.62. The first-order valence-corrected chi connectivity index (χ1v) is 6.34. The largest absolute Gasteiger partial charge is 0.396 e. The van der Waals surface area contributed by atoms with E-state index in [1.165, 1.54) is 10.6 Å². The van der Waals surface area contributed by atoms with Crippen LogP contribution >= 0.6 is 0 Å². The first kappa shape index (κ1) is 15.4. The smallest absolute Gasteiger partial charge is 0.251 e. The molecule has 1 unspecified atom stereocenters. The highest BCUT2D eigenvalue weighted by Gasteiger charge is 2.26. The molecule has 1 aromatic rings. The molecule has 0 aliphatic heterocycles. The summed E-state index contributed by atoms with van der Waals surface area (Å²) in [7, 11) is 1.63.